The fraction of sp³-hybridized carbons (Fsp3) is 0.636. The van der Waals surface area contributed by atoms with Crippen molar-refractivity contribution in [3.63, 3.8) is 0 Å². The molecule has 2 heterocycles. The standard InChI is InChI=1S/C11H15N3O4S/c1-3-7-9(19-13-12-7)10(15)14-4-6(2)18-8(5-14)11(16)17/h6,8H,3-5H2,1-2H3,(H,16,17)/t6-,8?/m1/s1. The molecule has 1 N–H and O–H groups in total. The predicted octanol–water partition coefficient (Wildman–Crippen LogP) is 0.415. The second kappa shape index (κ2) is 5.62. The Morgan fingerprint density at radius 3 is 2.89 bits per heavy atom. The lowest BCUT2D eigenvalue weighted by Gasteiger charge is -2.34. The molecule has 1 saturated heterocycles. The molecule has 0 aromatic carbocycles. The van der Waals surface area contributed by atoms with Crippen LogP contribution in [0.15, 0.2) is 0 Å². The van der Waals surface area contributed by atoms with Gasteiger partial charge >= 0.3 is 5.97 Å². The maximum atomic E-state index is 12.4. The zero-order valence-corrected chi connectivity index (χ0v) is 11.5. The second-order valence-corrected chi connectivity index (χ2v) is 5.14. The molecule has 1 aromatic rings. The third-order valence-corrected chi connectivity index (χ3v) is 3.66. The van der Waals surface area contributed by atoms with Gasteiger partial charge < -0.3 is 14.7 Å². The summed E-state index contributed by atoms with van der Waals surface area (Å²) in [6, 6.07) is 0. The Balaban J connectivity index is 2.16. The highest BCUT2D eigenvalue weighted by atomic mass is 32.1. The fourth-order valence-electron chi connectivity index (χ4n) is 2.00. The van der Waals surface area contributed by atoms with E-state index in [2.05, 4.69) is 9.59 Å². The van der Waals surface area contributed by atoms with E-state index < -0.39 is 12.1 Å². The summed E-state index contributed by atoms with van der Waals surface area (Å²) in [6.45, 7) is 4.08. The summed E-state index contributed by atoms with van der Waals surface area (Å²) in [7, 11) is 0. The molecule has 1 aliphatic heterocycles. The van der Waals surface area contributed by atoms with E-state index in [1.54, 1.807) is 6.92 Å². The summed E-state index contributed by atoms with van der Waals surface area (Å²) in [4.78, 5) is 25.3. The smallest absolute Gasteiger partial charge is 0.334 e. The molecule has 1 amide bonds. The first kappa shape index (κ1) is 13.9. The number of aliphatic carboxylic acids is 1. The number of carboxylic acids is 1. The Kier molecular flexibility index (Phi) is 4.11. The predicted molar refractivity (Wildman–Crippen MR) is 67.2 cm³/mol. The van der Waals surface area contributed by atoms with Crippen molar-refractivity contribution in [3.8, 4) is 0 Å². The van der Waals surface area contributed by atoms with E-state index in [1.807, 2.05) is 6.92 Å². The minimum Gasteiger partial charge on any atom is -0.479 e. The van der Waals surface area contributed by atoms with Gasteiger partial charge in [-0.25, -0.2) is 4.79 Å². The second-order valence-electron chi connectivity index (χ2n) is 4.39. The van der Waals surface area contributed by atoms with Crippen molar-refractivity contribution in [1.82, 2.24) is 14.5 Å². The summed E-state index contributed by atoms with van der Waals surface area (Å²) in [5.41, 5.74) is 0.654. The molecule has 1 aliphatic rings. The Labute approximate surface area is 114 Å². The van der Waals surface area contributed by atoms with Crippen LogP contribution >= 0.6 is 11.5 Å². The number of rotatable bonds is 3. The van der Waals surface area contributed by atoms with Crippen molar-refractivity contribution in [2.45, 2.75) is 32.5 Å². The Bertz CT molecular complexity index is 490. The first-order valence-electron chi connectivity index (χ1n) is 6.01. The molecule has 1 fully saturated rings. The first-order chi connectivity index (χ1) is 9.02. The van der Waals surface area contributed by atoms with Gasteiger partial charge in [0.15, 0.2) is 6.10 Å². The number of carbonyl (C=O) groups is 2. The summed E-state index contributed by atoms with van der Waals surface area (Å²) in [6.07, 6.45) is -0.650. The molecule has 104 valence electrons. The maximum Gasteiger partial charge on any atom is 0.334 e. The molecule has 1 aromatic heterocycles. The molecular weight excluding hydrogens is 270 g/mol. The highest BCUT2D eigenvalue weighted by molar-refractivity contribution is 7.08. The zero-order chi connectivity index (χ0) is 14.0. The third-order valence-electron chi connectivity index (χ3n) is 2.91. The number of carboxylic acid groups (broad SMARTS) is 1. The van der Waals surface area contributed by atoms with Gasteiger partial charge in [-0.2, -0.15) is 0 Å². The fourth-order valence-corrected chi connectivity index (χ4v) is 2.72. The van der Waals surface area contributed by atoms with Crippen LogP contribution in [-0.4, -0.2) is 56.8 Å². The monoisotopic (exact) mass is 285 g/mol. The minimum atomic E-state index is -1.05. The van der Waals surface area contributed by atoms with Crippen LogP contribution in [0.4, 0.5) is 0 Å². The van der Waals surface area contributed by atoms with Gasteiger partial charge in [0, 0.05) is 6.54 Å². The van der Waals surface area contributed by atoms with E-state index in [0.717, 1.165) is 11.5 Å². The highest BCUT2D eigenvalue weighted by Gasteiger charge is 2.34. The summed E-state index contributed by atoms with van der Waals surface area (Å²) < 4.78 is 9.06. The zero-order valence-electron chi connectivity index (χ0n) is 10.7. The molecule has 19 heavy (non-hydrogen) atoms. The molecule has 8 heteroatoms. The quantitative estimate of drug-likeness (QED) is 0.865. The van der Waals surface area contributed by atoms with Crippen LogP contribution in [0.1, 0.15) is 29.2 Å². The van der Waals surface area contributed by atoms with Gasteiger partial charge in [-0.3, -0.25) is 4.79 Å². The summed E-state index contributed by atoms with van der Waals surface area (Å²) >= 11 is 1.05. The highest BCUT2D eigenvalue weighted by Crippen LogP contribution is 2.18. The normalized spacial score (nSPS) is 23.4. The molecule has 0 saturated carbocycles. The van der Waals surface area contributed by atoms with Gasteiger partial charge in [-0.05, 0) is 24.9 Å². The van der Waals surface area contributed by atoms with Crippen molar-refractivity contribution in [3.05, 3.63) is 10.6 Å². The van der Waals surface area contributed by atoms with E-state index in [1.165, 1.54) is 4.90 Å². The molecule has 0 spiro atoms. The number of aromatic nitrogens is 2. The van der Waals surface area contributed by atoms with Gasteiger partial charge in [-0.1, -0.05) is 11.4 Å². The van der Waals surface area contributed by atoms with Crippen molar-refractivity contribution in [1.29, 1.82) is 0 Å². The average Bonchev–Trinajstić information content (AvgIpc) is 2.85. The van der Waals surface area contributed by atoms with E-state index >= 15 is 0 Å². The SMILES string of the molecule is CCc1nnsc1C(=O)N1CC(C(=O)O)O[C@H](C)C1. The lowest BCUT2D eigenvalue weighted by molar-refractivity contribution is -0.160. The molecule has 0 aliphatic carbocycles. The van der Waals surface area contributed by atoms with Crippen LogP contribution in [0, 0.1) is 0 Å². The number of aryl methyl sites for hydroxylation is 1. The van der Waals surface area contributed by atoms with Gasteiger partial charge in [0.05, 0.1) is 18.3 Å². The topological polar surface area (TPSA) is 92.6 Å². The molecule has 0 radical (unpaired) electrons. The van der Waals surface area contributed by atoms with Crippen LogP contribution in [0.5, 0.6) is 0 Å². The number of ether oxygens (including phenoxy) is 1. The molecular formula is C11H15N3O4S. The van der Waals surface area contributed by atoms with Crippen LogP contribution in [0.2, 0.25) is 0 Å². The molecule has 2 atom stereocenters. The Morgan fingerprint density at radius 2 is 2.26 bits per heavy atom. The van der Waals surface area contributed by atoms with E-state index in [0.29, 0.717) is 23.5 Å². The number of morpholine rings is 1. The number of hydrogen-bond acceptors (Lipinski definition) is 6. The molecule has 2 rings (SSSR count). The van der Waals surface area contributed by atoms with Crippen LogP contribution in [0.25, 0.3) is 0 Å². The Morgan fingerprint density at radius 1 is 1.53 bits per heavy atom. The first-order valence-corrected chi connectivity index (χ1v) is 6.79. The van der Waals surface area contributed by atoms with E-state index in [-0.39, 0.29) is 18.6 Å². The summed E-state index contributed by atoms with van der Waals surface area (Å²) in [5.74, 6) is -1.27. The lowest BCUT2D eigenvalue weighted by Crippen LogP contribution is -2.51. The maximum absolute atomic E-state index is 12.4. The molecule has 0 bridgehead atoms. The van der Waals surface area contributed by atoms with Gasteiger partial charge in [-0.15, -0.1) is 5.10 Å². The lowest BCUT2D eigenvalue weighted by atomic mass is 10.2. The molecule has 1 unspecified atom stereocenters. The average molecular weight is 285 g/mol. The molecule has 7 nitrogen and oxygen atoms in total. The number of amides is 1. The van der Waals surface area contributed by atoms with Gasteiger partial charge in [0.2, 0.25) is 0 Å². The van der Waals surface area contributed by atoms with Crippen LogP contribution in [0.3, 0.4) is 0 Å². The number of hydrogen-bond donors (Lipinski definition) is 1. The van der Waals surface area contributed by atoms with Crippen molar-refractivity contribution in [2.75, 3.05) is 13.1 Å². The van der Waals surface area contributed by atoms with E-state index in [4.69, 9.17) is 9.84 Å². The van der Waals surface area contributed by atoms with Crippen molar-refractivity contribution < 1.29 is 19.4 Å². The largest absolute Gasteiger partial charge is 0.479 e. The van der Waals surface area contributed by atoms with Crippen LogP contribution < -0.4 is 0 Å². The van der Waals surface area contributed by atoms with Gasteiger partial charge in [0.25, 0.3) is 5.91 Å². The number of carbonyl (C=O) groups excluding carboxylic acids is 1. The van der Waals surface area contributed by atoms with Crippen LogP contribution in [-0.2, 0) is 16.0 Å². The summed E-state index contributed by atoms with van der Waals surface area (Å²) in [5, 5.41) is 12.9. The number of nitrogens with zero attached hydrogens (tertiary/aromatic N) is 3. The third kappa shape index (κ3) is 2.90. The Hall–Kier alpha value is -1.54. The minimum absolute atomic E-state index is 0.0551. The van der Waals surface area contributed by atoms with E-state index in [9.17, 15) is 9.59 Å². The van der Waals surface area contributed by atoms with Crippen molar-refractivity contribution in [2.24, 2.45) is 0 Å². The van der Waals surface area contributed by atoms with Crippen molar-refractivity contribution >= 4 is 23.4 Å². The van der Waals surface area contributed by atoms with Gasteiger partial charge in [0.1, 0.15) is 4.88 Å².